The highest BCUT2D eigenvalue weighted by molar-refractivity contribution is 5.66. The lowest BCUT2D eigenvalue weighted by Crippen LogP contribution is -2.02. The lowest BCUT2D eigenvalue weighted by atomic mass is 10.2. The van der Waals surface area contributed by atoms with Crippen molar-refractivity contribution in [3.05, 3.63) is 48.6 Å². The first-order valence-corrected chi connectivity index (χ1v) is 11.0. The molecule has 0 amide bonds. The Balaban J connectivity index is 0. The van der Waals surface area contributed by atoms with E-state index in [9.17, 15) is 9.59 Å². The Kier molecular flexibility index (Phi) is 26.8. The van der Waals surface area contributed by atoms with Crippen LogP contribution >= 0.6 is 0 Å². The normalized spacial score (nSPS) is 11.5. The zero-order valence-corrected chi connectivity index (χ0v) is 18.4. The number of unbranched alkanes of at least 4 members (excludes halogenated alkanes) is 4. The molecule has 6 N–H and O–H groups in total. The van der Waals surface area contributed by atoms with Crippen LogP contribution in [0.4, 0.5) is 0 Å². The van der Waals surface area contributed by atoms with E-state index in [2.05, 4.69) is 48.6 Å². The van der Waals surface area contributed by atoms with Crippen LogP contribution in [-0.4, -0.2) is 35.2 Å². The second-order valence-electron chi connectivity index (χ2n) is 6.80. The average Bonchev–Trinajstić information content (AvgIpc) is 2.71. The molecule has 0 aliphatic carbocycles. The second-order valence-corrected chi connectivity index (χ2v) is 6.80. The fourth-order valence-electron chi connectivity index (χ4n) is 2.26. The van der Waals surface area contributed by atoms with Gasteiger partial charge in [-0.15, -0.1) is 0 Å². The number of rotatable bonds is 18. The number of hydrogen-bond donors (Lipinski definition) is 4. The summed E-state index contributed by atoms with van der Waals surface area (Å²) >= 11 is 0. The van der Waals surface area contributed by atoms with Gasteiger partial charge in [-0.2, -0.15) is 0 Å². The minimum absolute atomic E-state index is 0.191. The predicted octanol–water partition coefficient (Wildman–Crippen LogP) is 4.97. The molecular weight excluding hydrogens is 380 g/mol. The van der Waals surface area contributed by atoms with Gasteiger partial charge in [0.25, 0.3) is 0 Å². The van der Waals surface area contributed by atoms with Gasteiger partial charge >= 0.3 is 11.9 Å². The molecule has 6 nitrogen and oxygen atoms in total. The Bertz CT molecular complexity index is 511. The highest BCUT2D eigenvalue weighted by atomic mass is 16.4. The van der Waals surface area contributed by atoms with Gasteiger partial charge in [-0.05, 0) is 70.9 Å². The first kappa shape index (κ1) is 30.0. The zero-order chi connectivity index (χ0) is 22.7. The van der Waals surface area contributed by atoms with Gasteiger partial charge in [0, 0.05) is 12.8 Å². The van der Waals surface area contributed by atoms with E-state index in [1.807, 2.05) is 0 Å². The molecule has 0 aromatic heterocycles. The summed E-state index contributed by atoms with van der Waals surface area (Å²) in [6.07, 6.45) is 27.6. The molecular formula is C24H42N2O4. The van der Waals surface area contributed by atoms with Crippen LogP contribution in [-0.2, 0) is 9.59 Å². The van der Waals surface area contributed by atoms with E-state index in [0.29, 0.717) is 13.0 Å². The van der Waals surface area contributed by atoms with Gasteiger partial charge in [-0.1, -0.05) is 55.0 Å². The topological polar surface area (TPSA) is 127 Å². The van der Waals surface area contributed by atoms with E-state index in [1.165, 1.54) is 12.8 Å². The second kappa shape index (κ2) is 26.8. The lowest BCUT2D eigenvalue weighted by Gasteiger charge is -1.93. The fraction of sp³-hybridized carbons (Fsp3) is 0.583. The molecule has 0 atom stereocenters. The molecule has 0 spiro atoms. The van der Waals surface area contributed by atoms with E-state index >= 15 is 0 Å². The molecule has 0 radical (unpaired) electrons. The number of carboxylic acid groups (broad SMARTS) is 2. The smallest absolute Gasteiger partial charge is 0.303 e. The number of allylic oxidation sites excluding steroid dienone is 8. The molecule has 0 bridgehead atoms. The van der Waals surface area contributed by atoms with Gasteiger partial charge < -0.3 is 21.7 Å². The average molecular weight is 423 g/mol. The van der Waals surface area contributed by atoms with E-state index in [-0.39, 0.29) is 12.8 Å². The number of hydrogen-bond acceptors (Lipinski definition) is 4. The number of nitrogens with two attached hydrogens (primary N) is 2. The van der Waals surface area contributed by atoms with E-state index in [4.69, 9.17) is 21.7 Å². The molecule has 0 saturated carbocycles. The van der Waals surface area contributed by atoms with Gasteiger partial charge in [0.05, 0.1) is 0 Å². The van der Waals surface area contributed by atoms with E-state index in [1.54, 1.807) is 0 Å². The maximum atomic E-state index is 10.3. The predicted molar refractivity (Wildman–Crippen MR) is 125 cm³/mol. The summed E-state index contributed by atoms with van der Waals surface area (Å²) in [6, 6.07) is 0. The van der Waals surface area contributed by atoms with E-state index in [0.717, 1.165) is 51.5 Å². The fourth-order valence-corrected chi connectivity index (χ4v) is 2.26. The highest BCUT2D eigenvalue weighted by Crippen LogP contribution is 2.01. The summed E-state index contributed by atoms with van der Waals surface area (Å²) in [5.74, 6) is -1.49. The molecule has 0 saturated heterocycles. The molecule has 0 unspecified atom stereocenters. The Morgan fingerprint density at radius 2 is 0.933 bits per heavy atom. The molecule has 172 valence electrons. The Morgan fingerprint density at radius 3 is 1.33 bits per heavy atom. The van der Waals surface area contributed by atoms with Crippen LogP contribution in [0.3, 0.4) is 0 Å². The van der Waals surface area contributed by atoms with E-state index < -0.39 is 11.9 Å². The van der Waals surface area contributed by atoms with Gasteiger partial charge in [0.15, 0.2) is 0 Å². The molecule has 0 aromatic rings. The monoisotopic (exact) mass is 422 g/mol. The standard InChI is InChI=1S/C20H33NO2.C4H9NO2/c21-19-17-15-13-11-9-7-5-3-1-2-4-6-8-10-12-14-16-18-20(22)23;5-3-1-2-4(6)7/h1,3-4,6-7,9-10,12H,2,5,8,11,13-19,21H2,(H,22,23);1-3,5H2,(H,6,7). The molecule has 0 rings (SSSR count). The summed E-state index contributed by atoms with van der Waals surface area (Å²) in [6.45, 7) is 1.27. The van der Waals surface area contributed by atoms with Gasteiger partial charge in [0.2, 0.25) is 0 Å². The van der Waals surface area contributed by atoms with Crippen LogP contribution in [0.5, 0.6) is 0 Å². The third-order valence-electron chi connectivity index (χ3n) is 3.91. The van der Waals surface area contributed by atoms with Crippen LogP contribution in [0, 0.1) is 0 Å². The largest absolute Gasteiger partial charge is 0.481 e. The maximum Gasteiger partial charge on any atom is 0.303 e. The quantitative estimate of drug-likeness (QED) is 0.182. The molecule has 0 aliphatic heterocycles. The third-order valence-corrected chi connectivity index (χ3v) is 3.91. The van der Waals surface area contributed by atoms with Crippen molar-refractivity contribution in [2.45, 2.75) is 77.0 Å². The van der Waals surface area contributed by atoms with Crippen molar-refractivity contribution in [2.24, 2.45) is 11.5 Å². The first-order chi connectivity index (χ1) is 14.5. The SMILES string of the molecule is NCCCC(=O)O.NCCCCCC=CCC=CCC=CCC=CCCCC(=O)O. The number of aliphatic carboxylic acids is 2. The van der Waals surface area contributed by atoms with Crippen molar-refractivity contribution in [3.8, 4) is 0 Å². The van der Waals surface area contributed by atoms with Crippen LogP contribution < -0.4 is 11.5 Å². The third kappa shape index (κ3) is 33.4. The summed E-state index contributed by atoms with van der Waals surface area (Å²) < 4.78 is 0. The van der Waals surface area contributed by atoms with Crippen molar-refractivity contribution in [1.29, 1.82) is 0 Å². The molecule has 0 aromatic carbocycles. The summed E-state index contributed by atoms with van der Waals surface area (Å²) in [5.41, 5.74) is 10.5. The van der Waals surface area contributed by atoms with Crippen LogP contribution in [0.1, 0.15) is 77.0 Å². The summed E-state index contributed by atoms with van der Waals surface area (Å²) in [5, 5.41) is 16.5. The number of carboxylic acids is 2. The first-order valence-electron chi connectivity index (χ1n) is 11.0. The Morgan fingerprint density at radius 1 is 0.533 bits per heavy atom. The highest BCUT2D eigenvalue weighted by Gasteiger charge is 1.92. The van der Waals surface area contributed by atoms with Crippen LogP contribution in [0.2, 0.25) is 0 Å². The van der Waals surface area contributed by atoms with Gasteiger partial charge in [0.1, 0.15) is 0 Å². The van der Waals surface area contributed by atoms with Crippen LogP contribution in [0.15, 0.2) is 48.6 Å². The molecule has 0 fully saturated rings. The Hall–Kier alpha value is -2.18. The van der Waals surface area contributed by atoms with Crippen molar-refractivity contribution in [3.63, 3.8) is 0 Å². The van der Waals surface area contributed by atoms with Crippen molar-refractivity contribution in [1.82, 2.24) is 0 Å². The number of carbonyl (C=O) groups is 2. The van der Waals surface area contributed by atoms with Gasteiger partial charge in [-0.25, -0.2) is 0 Å². The molecule has 6 heteroatoms. The zero-order valence-electron chi connectivity index (χ0n) is 18.4. The minimum Gasteiger partial charge on any atom is -0.481 e. The van der Waals surface area contributed by atoms with Crippen molar-refractivity contribution in [2.75, 3.05) is 13.1 Å². The van der Waals surface area contributed by atoms with Crippen molar-refractivity contribution < 1.29 is 19.8 Å². The molecule has 0 heterocycles. The molecule has 30 heavy (non-hydrogen) atoms. The maximum absolute atomic E-state index is 10.3. The van der Waals surface area contributed by atoms with Crippen molar-refractivity contribution >= 4 is 11.9 Å². The summed E-state index contributed by atoms with van der Waals surface area (Å²) in [4.78, 5) is 20.0. The lowest BCUT2D eigenvalue weighted by molar-refractivity contribution is -0.138. The Labute approximate surface area is 182 Å². The van der Waals surface area contributed by atoms with Crippen LogP contribution in [0.25, 0.3) is 0 Å². The minimum atomic E-state index is -0.773. The van der Waals surface area contributed by atoms with Gasteiger partial charge in [-0.3, -0.25) is 9.59 Å². The molecule has 0 aliphatic rings. The summed E-state index contributed by atoms with van der Waals surface area (Å²) in [7, 11) is 0.